The highest BCUT2D eigenvalue weighted by molar-refractivity contribution is 5.56. The SMILES string of the molecule is Cc1ncnn1-c1ccc(Nc2nc3n(n2)CC[C@](C)(O)C[C@H]3c2ccc(F)cc2)cc1F. The van der Waals surface area contributed by atoms with Gasteiger partial charge in [0.15, 0.2) is 5.82 Å². The molecule has 0 fully saturated rings. The Morgan fingerprint density at radius 3 is 2.64 bits per heavy atom. The first-order valence-electron chi connectivity index (χ1n) is 10.7. The number of hydrogen-bond acceptors (Lipinski definition) is 6. The Hall–Kier alpha value is -3.66. The van der Waals surface area contributed by atoms with Gasteiger partial charge in [0, 0.05) is 18.2 Å². The first-order valence-corrected chi connectivity index (χ1v) is 10.7. The summed E-state index contributed by atoms with van der Waals surface area (Å²) in [5.74, 6) is 0.515. The highest BCUT2D eigenvalue weighted by Crippen LogP contribution is 2.37. The van der Waals surface area contributed by atoms with Crippen molar-refractivity contribution in [2.24, 2.45) is 0 Å². The Bertz CT molecular complexity index is 1300. The van der Waals surface area contributed by atoms with Crippen LogP contribution < -0.4 is 5.32 Å². The summed E-state index contributed by atoms with van der Waals surface area (Å²) in [4.78, 5) is 8.68. The molecule has 10 heteroatoms. The van der Waals surface area contributed by atoms with Crippen molar-refractivity contribution in [2.45, 2.75) is 44.8 Å². The summed E-state index contributed by atoms with van der Waals surface area (Å²) in [6.07, 6.45) is 2.30. The summed E-state index contributed by atoms with van der Waals surface area (Å²) in [5.41, 5.74) is 0.716. The van der Waals surface area contributed by atoms with Crippen LogP contribution in [0.15, 0.2) is 48.8 Å². The van der Waals surface area contributed by atoms with Gasteiger partial charge in [-0.2, -0.15) is 10.1 Å². The van der Waals surface area contributed by atoms with Gasteiger partial charge in [-0.1, -0.05) is 12.1 Å². The van der Waals surface area contributed by atoms with Crippen molar-refractivity contribution in [3.63, 3.8) is 0 Å². The summed E-state index contributed by atoms with van der Waals surface area (Å²) in [7, 11) is 0. The standard InChI is InChI=1S/C23H23F2N7O/c1-14-26-13-27-32(14)20-8-7-17(11-19(20)25)28-22-29-21-18(15-3-5-16(24)6-4-15)12-23(2,33)9-10-31(21)30-22/h3-8,11,13,18,33H,9-10,12H2,1-2H3,(H,28,30)/t18-,23-/m0/s1. The van der Waals surface area contributed by atoms with Crippen LogP contribution in [0.4, 0.5) is 20.4 Å². The van der Waals surface area contributed by atoms with E-state index in [1.807, 2.05) is 0 Å². The molecule has 1 aliphatic rings. The first-order chi connectivity index (χ1) is 15.8. The Kier molecular flexibility index (Phi) is 5.16. The second kappa shape index (κ2) is 8.04. The molecule has 4 aromatic rings. The van der Waals surface area contributed by atoms with Gasteiger partial charge in [0.2, 0.25) is 5.95 Å². The van der Waals surface area contributed by atoms with E-state index in [-0.39, 0.29) is 11.7 Å². The van der Waals surface area contributed by atoms with Crippen molar-refractivity contribution in [1.29, 1.82) is 0 Å². The number of benzene rings is 2. The van der Waals surface area contributed by atoms with E-state index in [2.05, 4.69) is 25.5 Å². The maximum absolute atomic E-state index is 14.7. The van der Waals surface area contributed by atoms with Crippen molar-refractivity contribution in [2.75, 3.05) is 5.32 Å². The van der Waals surface area contributed by atoms with E-state index in [1.54, 1.807) is 42.8 Å². The Balaban J connectivity index is 1.45. The Labute approximate surface area is 188 Å². The molecule has 0 radical (unpaired) electrons. The van der Waals surface area contributed by atoms with Gasteiger partial charge in [-0.25, -0.2) is 23.1 Å². The van der Waals surface area contributed by atoms with E-state index in [4.69, 9.17) is 0 Å². The van der Waals surface area contributed by atoms with Crippen LogP contribution in [0, 0.1) is 18.6 Å². The molecule has 1 aliphatic heterocycles. The molecule has 2 aromatic heterocycles. The summed E-state index contributed by atoms with van der Waals surface area (Å²) < 4.78 is 31.4. The van der Waals surface area contributed by atoms with Crippen LogP contribution in [0.25, 0.3) is 5.69 Å². The summed E-state index contributed by atoms with van der Waals surface area (Å²) in [6, 6.07) is 10.9. The van der Waals surface area contributed by atoms with E-state index in [1.165, 1.54) is 29.2 Å². The molecule has 5 rings (SSSR count). The fourth-order valence-electron chi connectivity index (χ4n) is 4.19. The van der Waals surface area contributed by atoms with Gasteiger partial charge in [-0.3, -0.25) is 0 Å². The van der Waals surface area contributed by atoms with Crippen LogP contribution in [0.5, 0.6) is 0 Å². The number of halogens is 2. The molecule has 3 heterocycles. The van der Waals surface area contributed by atoms with Crippen molar-refractivity contribution >= 4 is 11.6 Å². The van der Waals surface area contributed by atoms with E-state index in [0.717, 1.165) is 5.56 Å². The van der Waals surface area contributed by atoms with Gasteiger partial charge in [0.05, 0.1) is 5.60 Å². The molecular formula is C23H23F2N7O. The monoisotopic (exact) mass is 451 g/mol. The highest BCUT2D eigenvalue weighted by atomic mass is 19.1. The van der Waals surface area contributed by atoms with Gasteiger partial charge in [-0.05, 0) is 62.6 Å². The smallest absolute Gasteiger partial charge is 0.246 e. The number of hydrogen-bond donors (Lipinski definition) is 2. The third kappa shape index (κ3) is 4.21. The number of aromatic nitrogens is 6. The quantitative estimate of drug-likeness (QED) is 0.489. The van der Waals surface area contributed by atoms with Crippen LogP contribution in [0.3, 0.4) is 0 Å². The second-order valence-electron chi connectivity index (χ2n) is 8.58. The van der Waals surface area contributed by atoms with Crippen molar-refractivity contribution < 1.29 is 13.9 Å². The van der Waals surface area contributed by atoms with Gasteiger partial charge in [0.1, 0.15) is 29.5 Å². The third-order valence-corrected chi connectivity index (χ3v) is 5.94. The van der Waals surface area contributed by atoms with E-state index in [0.29, 0.717) is 48.4 Å². The summed E-state index contributed by atoms with van der Waals surface area (Å²) >= 11 is 0. The number of nitrogens with zero attached hydrogens (tertiary/aromatic N) is 6. The predicted octanol–water partition coefficient (Wildman–Crippen LogP) is 3.87. The summed E-state index contributed by atoms with van der Waals surface area (Å²) in [6.45, 7) is 4.01. The minimum atomic E-state index is -0.909. The maximum atomic E-state index is 14.7. The molecule has 0 amide bonds. The van der Waals surface area contributed by atoms with Crippen LogP contribution in [0.1, 0.15) is 42.9 Å². The number of anilines is 2. The zero-order valence-electron chi connectivity index (χ0n) is 18.2. The highest BCUT2D eigenvalue weighted by Gasteiger charge is 2.34. The molecule has 0 bridgehead atoms. The lowest BCUT2D eigenvalue weighted by Gasteiger charge is -2.24. The van der Waals surface area contributed by atoms with E-state index in [9.17, 15) is 13.9 Å². The second-order valence-corrected chi connectivity index (χ2v) is 8.58. The Morgan fingerprint density at radius 2 is 1.94 bits per heavy atom. The molecule has 0 aliphatic carbocycles. The molecule has 0 spiro atoms. The number of fused-ring (bicyclic) bond motifs is 1. The average Bonchev–Trinajstić information content (AvgIpc) is 3.34. The molecule has 0 saturated heterocycles. The van der Waals surface area contributed by atoms with E-state index >= 15 is 0 Å². The van der Waals surface area contributed by atoms with E-state index < -0.39 is 11.4 Å². The minimum Gasteiger partial charge on any atom is -0.390 e. The van der Waals surface area contributed by atoms with Crippen molar-refractivity contribution in [1.82, 2.24) is 29.5 Å². The topological polar surface area (TPSA) is 93.7 Å². The van der Waals surface area contributed by atoms with Crippen molar-refractivity contribution in [3.8, 4) is 5.69 Å². The maximum Gasteiger partial charge on any atom is 0.246 e. The molecule has 170 valence electrons. The average molecular weight is 451 g/mol. The van der Waals surface area contributed by atoms with Crippen LogP contribution in [-0.4, -0.2) is 40.2 Å². The van der Waals surface area contributed by atoms with Gasteiger partial charge < -0.3 is 10.4 Å². The Morgan fingerprint density at radius 1 is 1.15 bits per heavy atom. The van der Waals surface area contributed by atoms with Gasteiger partial charge in [-0.15, -0.1) is 5.10 Å². The fraction of sp³-hybridized carbons (Fsp3) is 0.304. The molecule has 2 atom stereocenters. The van der Waals surface area contributed by atoms with Crippen LogP contribution >= 0.6 is 0 Å². The number of aliphatic hydroxyl groups is 1. The number of nitrogens with one attached hydrogen (secondary N) is 1. The molecule has 8 nitrogen and oxygen atoms in total. The normalized spacial score (nSPS) is 20.3. The molecule has 0 saturated carbocycles. The molecule has 33 heavy (non-hydrogen) atoms. The molecule has 2 N–H and O–H groups in total. The first kappa shape index (κ1) is 21.2. The zero-order chi connectivity index (χ0) is 23.2. The largest absolute Gasteiger partial charge is 0.390 e. The van der Waals surface area contributed by atoms with Gasteiger partial charge in [0.25, 0.3) is 0 Å². The van der Waals surface area contributed by atoms with Crippen LogP contribution in [-0.2, 0) is 6.54 Å². The lowest BCUT2D eigenvalue weighted by molar-refractivity contribution is 0.0384. The zero-order valence-corrected chi connectivity index (χ0v) is 18.2. The number of aryl methyl sites for hydroxylation is 2. The third-order valence-electron chi connectivity index (χ3n) is 5.94. The molecule has 0 unspecified atom stereocenters. The fourth-order valence-corrected chi connectivity index (χ4v) is 4.19. The number of rotatable bonds is 4. The van der Waals surface area contributed by atoms with Gasteiger partial charge >= 0.3 is 0 Å². The summed E-state index contributed by atoms with van der Waals surface area (Å²) in [5, 5.41) is 22.4. The minimum absolute atomic E-state index is 0.263. The molecular weight excluding hydrogens is 428 g/mol. The van der Waals surface area contributed by atoms with Crippen molar-refractivity contribution in [3.05, 3.63) is 77.6 Å². The lowest BCUT2D eigenvalue weighted by atomic mass is 9.86. The lowest BCUT2D eigenvalue weighted by Crippen LogP contribution is -2.26. The molecule has 2 aromatic carbocycles. The van der Waals surface area contributed by atoms with Crippen LogP contribution in [0.2, 0.25) is 0 Å². The predicted molar refractivity (Wildman–Crippen MR) is 117 cm³/mol.